The number of thioether (sulfide) groups is 1. The Morgan fingerprint density at radius 2 is 2.04 bits per heavy atom. The van der Waals surface area contributed by atoms with Crippen molar-refractivity contribution in [1.29, 1.82) is 0 Å². The fourth-order valence-corrected chi connectivity index (χ4v) is 2.76. The first-order chi connectivity index (χ1) is 12.1. The molecule has 5 nitrogen and oxygen atoms in total. The number of halogens is 1. The number of aliphatic hydroxyl groups excluding tert-OH is 1. The Morgan fingerprint density at radius 3 is 2.69 bits per heavy atom. The normalized spacial score (nSPS) is 12.5. The highest BCUT2D eigenvalue weighted by Crippen LogP contribution is 2.20. The maximum atomic E-state index is 10.4. The molecule has 3 N–H and O–H groups in total. The largest absolute Gasteiger partial charge is 0.491 e. The third-order valence-corrected chi connectivity index (χ3v) is 4.15. The molecule has 26 heavy (non-hydrogen) atoms. The minimum Gasteiger partial charge on any atom is -0.491 e. The maximum Gasteiger partial charge on any atom is 0.191 e. The van der Waals surface area contributed by atoms with Crippen molar-refractivity contribution in [2.75, 3.05) is 31.6 Å². The summed E-state index contributed by atoms with van der Waals surface area (Å²) in [4.78, 5) is 4.50. The second kappa shape index (κ2) is 15.4. The molecule has 1 unspecified atom stereocenters. The molecule has 1 atom stereocenters. The Kier molecular flexibility index (Phi) is 15.0. The van der Waals surface area contributed by atoms with Crippen LogP contribution in [0.5, 0.6) is 5.75 Å². The lowest BCUT2D eigenvalue weighted by Gasteiger charge is -2.15. The van der Waals surface area contributed by atoms with Crippen molar-refractivity contribution in [3.05, 3.63) is 29.8 Å². The number of rotatable bonds is 11. The molecule has 0 saturated carbocycles. The number of hydrogen-bond donors (Lipinski definition) is 3. The van der Waals surface area contributed by atoms with Gasteiger partial charge in [-0.2, -0.15) is 11.8 Å². The summed E-state index contributed by atoms with van der Waals surface area (Å²) in [5.74, 6) is 2.71. The van der Waals surface area contributed by atoms with E-state index < -0.39 is 6.10 Å². The van der Waals surface area contributed by atoms with Crippen LogP contribution in [-0.2, 0) is 0 Å². The summed E-state index contributed by atoms with van der Waals surface area (Å²) in [6.07, 6.45) is 3.90. The molecular weight excluding hydrogens is 461 g/mol. The van der Waals surface area contributed by atoms with Gasteiger partial charge in [0.25, 0.3) is 0 Å². The zero-order valence-corrected chi connectivity index (χ0v) is 19.5. The van der Waals surface area contributed by atoms with E-state index in [4.69, 9.17) is 4.74 Å². The highest BCUT2D eigenvalue weighted by molar-refractivity contribution is 14.0. The lowest BCUT2D eigenvalue weighted by atomic mass is 10.1. The van der Waals surface area contributed by atoms with Gasteiger partial charge in [0, 0.05) is 13.1 Å². The van der Waals surface area contributed by atoms with Crippen molar-refractivity contribution in [2.45, 2.75) is 45.8 Å². The standard InChI is InChI=1S/C19H33N3O2S.HI/c1-5-20-19(21-11-6-7-12-25-4)22-14-18(23)16-9-8-10-17(13-16)24-15(2)3;/h8-10,13,15,18,23H,5-7,11-12,14H2,1-4H3,(H2,20,21,22);1H. The molecule has 0 fully saturated rings. The number of guanidine groups is 1. The summed E-state index contributed by atoms with van der Waals surface area (Å²) in [6.45, 7) is 8.01. The molecule has 0 aliphatic heterocycles. The number of aliphatic hydroxyl groups is 1. The first kappa shape index (κ1) is 25.3. The number of nitrogens with zero attached hydrogens (tertiary/aromatic N) is 1. The third kappa shape index (κ3) is 11.1. The molecule has 0 heterocycles. The lowest BCUT2D eigenvalue weighted by molar-refractivity contribution is 0.185. The molecule has 0 spiro atoms. The second-order valence-electron chi connectivity index (χ2n) is 6.10. The van der Waals surface area contributed by atoms with Crippen LogP contribution in [0, 0.1) is 0 Å². The summed E-state index contributed by atoms with van der Waals surface area (Å²) in [7, 11) is 0. The van der Waals surface area contributed by atoms with Gasteiger partial charge in [-0.15, -0.1) is 24.0 Å². The van der Waals surface area contributed by atoms with Crippen LogP contribution in [0.1, 0.15) is 45.3 Å². The third-order valence-electron chi connectivity index (χ3n) is 3.45. The summed E-state index contributed by atoms with van der Waals surface area (Å²) < 4.78 is 5.68. The van der Waals surface area contributed by atoms with Gasteiger partial charge in [-0.1, -0.05) is 12.1 Å². The topological polar surface area (TPSA) is 65.9 Å². The summed E-state index contributed by atoms with van der Waals surface area (Å²) >= 11 is 1.87. The first-order valence-corrected chi connectivity index (χ1v) is 10.4. The molecule has 0 saturated heterocycles. The SMILES string of the molecule is CCNC(=NCC(O)c1cccc(OC(C)C)c1)NCCCCSC.I. The minimum atomic E-state index is -0.650. The van der Waals surface area contributed by atoms with Gasteiger partial charge < -0.3 is 20.5 Å². The Labute approximate surface area is 179 Å². The number of benzene rings is 1. The Morgan fingerprint density at radius 1 is 1.27 bits per heavy atom. The van der Waals surface area contributed by atoms with Crippen LogP contribution in [0.25, 0.3) is 0 Å². The van der Waals surface area contributed by atoms with E-state index in [0.717, 1.165) is 36.8 Å². The van der Waals surface area contributed by atoms with Gasteiger partial charge in [-0.05, 0) is 63.3 Å². The quantitative estimate of drug-likeness (QED) is 0.189. The molecule has 0 bridgehead atoms. The predicted molar refractivity (Wildman–Crippen MR) is 124 cm³/mol. The average Bonchev–Trinajstić information content (AvgIpc) is 2.58. The van der Waals surface area contributed by atoms with Gasteiger partial charge in [-0.25, -0.2) is 0 Å². The van der Waals surface area contributed by atoms with Crippen molar-refractivity contribution in [2.24, 2.45) is 4.99 Å². The maximum absolute atomic E-state index is 10.4. The second-order valence-corrected chi connectivity index (χ2v) is 7.09. The van der Waals surface area contributed by atoms with Gasteiger partial charge >= 0.3 is 0 Å². The molecule has 0 aliphatic rings. The van der Waals surface area contributed by atoms with Gasteiger partial charge in [-0.3, -0.25) is 4.99 Å². The van der Waals surface area contributed by atoms with E-state index in [2.05, 4.69) is 21.9 Å². The van der Waals surface area contributed by atoms with Gasteiger partial charge in [0.15, 0.2) is 5.96 Å². The van der Waals surface area contributed by atoms with Crippen molar-refractivity contribution >= 4 is 41.7 Å². The summed E-state index contributed by atoms with van der Waals surface area (Å²) in [5, 5.41) is 17.0. The monoisotopic (exact) mass is 495 g/mol. The van der Waals surface area contributed by atoms with E-state index in [1.807, 2.05) is 56.8 Å². The molecular formula is C19H34IN3O2S. The predicted octanol–water partition coefficient (Wildman–Crippen LogP) is 3.82. The smallest absolute Gasteiger partial charge is 0.191 e. The fourth-order valence-electron chi connectivity index (χ4n) is 2.27. The van der Waals surface area contributed by atoms with Gasteiger partial charge in [0.05, 0.1) is 18.8 Å². The number of unbranched alkanes of at least 4 members (excludes halogenated alkanes) is 1. The van der Waals surface area contributed by atoms with E-state index in [1.165, 1.54) is 12.2 Å². The molecule has 0 aromatic heterocycles. The Balaban J connectivity index is 0.00000625. The van der Waals surface area contributed by atoms with E-state index in [9.17, 15) is 5.11 Å². The Hall–Kier alpha value is -0.670. The van der Waals surface area contributed by atoms with Crippen molar-refractivity contribution in [3.8, 4) is 5.75 Å². The molecule has 7 heteroatoms. The minimum absolute atomic E-state index is 0. The first-order valence-electron chi connectivity index (χ1n) is 9.02. The van der Waals surface area contributed by atoms with Crippen LogP contribution in [0.15, 0.2) is 29.3 Å². The number of aliphatic imine (C=N–C) groups is 1. The van der Waals surface area contributed by atoms with E-state index >= 15 is 0 Å². The number of nitrogens with one attached hydrogen (secondary N) is 2. The van der Waals surface area contributed by atoms with Crippen LogP contribution in [-0.4, -0.2) is 48.8 Å². The van der Waals surface area contributed by atoms with Crippen molar-refractivity contribution in [1.82, 2.24) is 10.6 Å². The molecule has 1 aromatic rings. The summed E-state index contributed by atoms with van der Waals surface area (Å²) in [6, 6.07) is 7.58. The number of ether oxygens (including phenoxy) is 1. The van der Waals surface area contributed by atoms with Crippen molar-refractivity contribution < 1.29 is 9.84 Å². The van der Waals surface area contributed by atoms with E-state index in [0.29, 0.717) is 6.54 Å². The zero-order valence-electron chi connectivity index (χ0n) is 16.3. The molecule has 0 radical (unpaired) electrons. The summed E-state index contributed by atoms with van der Waals surface area (Å²) in [5.41, 5.74) is 0.817. The van der Waals surface area contributed by atoms with Crippen LogP contribution in [0.4, 0.5) is 0 Å². The molecule has 1 rings (SSSR count). The molecule has 0 amide bonds. The van der Waals surface area contributed by atoms with Crippen LogP contribution >= 0.6 is 35.7 Å². The van der Waals surface area contributed by atoms with E-state index in [1.54, 1.807) is 0 Å². The number of hydrogen-bond acceptors (Lipinski definition) is 4. The molecule has 150 valence electrons. The zero-order chi connectivity index (χ0) is 18.5. The van der Waals surface area contributed by atoms with Crippen LogP contribution in [0.3, 0.4) is 0 Å². The molecule has 1 aromatic carbocycles. The molecule has 0 aliphatic carbocycles. The highest BCUT2D eigenvalue weighted by Gasteiger charge is 2.09. The van der Waals surface area contributed by atoms with E-state index in [-0.39, 0.29) is 30.1 Å². The Bertz CT molecular complexity index is 515. The van der Waals surface area contributed by atoms with Crippen molar-refractivity contribution in [3.63, 3.8) is 0 Å². The van der Waals surface area contributed by atoms with Gasteiger partial charge in [0.1, 0.15) is 5.75 Å². The lowest BCUT2D eigenvalue weighted by Crippen LogP contribution is -2.38. The van der Waals surface area contributed by atoms with Crippen LogP contribution in [0.2, 0.25) is 0 Å². The van der Waals surface area contributed by atoms with Gasteiger partial charge in [0.2, 0.25) is 0 Å². The average molecular weight is 495 g/mol. The fraction of sp³-hybridized carbons (Fsp3) is 0.632. The highest BCUT2D eigenvalue weighted by atomic mass is 127. The van der Waals surface area contributed by atoms with Crippen LogP contribution < -0.4 is 15.4 Å².